The number of ether oxygens (including phenoxy) is 1. The molecule has 1 heterocycles. The van der Waals surface area contributed by atoms with Gasteiger partial charge in [0.1, 0.15) is 23.7 Å². The molecule has 2 aromatic rings. The van der Waals surface area contributed by atoms with Crippen molar-refractivity contribution >= 4 is 11.8 Å². The molecular weight excluding hydrogens is 663 g/mol. The number of hydrogen-bond acceptors (Lipinski definition) is 8. The number of halogens is 1. The van der Waals surface area contributed by atoms with Crippen LogP contribution in [0.2, 0.25) is 0 Å². The van der Waals surface area contributed by atoms with Gasteiger partial charge in [0.05, 0.1) is 31.9 Å². The summed E-state index contributed by atoms with van der Waals surface area (Å²) in [6.07, 6.45) is 1.11. The van der Waals surface area contributed by atoms with E-state index < -0.39 is 35.9 Å². The van der Waals surface area contributed by atoms with E-state index in [9.17, 15) is 19.8 Å². The maximum absolute atomic E-state index is 15.3. The summed E-state index contributed by atoms with van der Waals surface area (Å²) < 4.78 is 21.2. The van der Waals surface area contributed by atoms with Crippen LogP contribution in [0.25, 0.3) is 11.1 Å². The number of amides is 2. The van der Waals surface area contributed by atoms with Crippen LogP contribution in [-0.4, -0.2) is 96.7 Å². The maximum atomic E-state index is 15.3. The Morgan fingerprint density at radius 3 is 2.46 bits per heavy atom. The minimum absolute atomic E-state index is 0.0170. The summed E-state index contributed by atoms with van der Waals surface area (Å²) in [5.41, 5.74) is 2.07. The number of para-hydroxylation sites is 1. The van der Waals surface area contributed by atoms with Gasteiger partial charge in [-0.05, 0) is 86.6 Å². The number of nitrogens with zero attached hydrogens (tertiary/aromatic N) is 2. The van der Waals surface area contributed by atoms with E-state index in [1.54, 1.807) is 31.2 Å². The molecule has 2 aromatic carbocycles. The highest BCUT2D eigenvalue weighted by molar-refractivity contribution is 5.96. The van der Waals surface area contributed by atoms with Gasteiger partial charge in [-0.25, -0.2) is 4.39 Å². The topological polar surface area (TPSA) is 124 Å². The molecule has 288 valence electrons. The normalized spacial score (nSPS) is 28.2. The summed E-state index contributed by atoms with van der Waals surface area (Å²) in [5.74, 6) is -0.127. The third-order valence-corrected chi connectivity index (χ3v) is 12.0. The fourth-order valence-corrected chi connectivity index (χ4v) is 9.30. The Labute approximate surface area is 309 Å². The first-order valence-electron chi connectivity index (χ1n) is 18.8. The van der Waals surface area contributed by atoms with Gasteiger partial charge < -0.3 is 30.5 Å². The van der Waals surface area contributed by atoms with E-state index >= 15 is 4.39 Å². The largest absolute Gasteiger partial charge is 0.496 e. The molecule has 9 atom stereocenters. The van der Waals surface area contributed by atoms with E-state index in [2.05, 4.69) is 52.2 Å². The molecule has 1 aliphatic heterocycles. The predicted octanol–water partition coefficient (Wildman–Crippen LogP) is 5.26. The first-order chi connectivity index (χ1) is 24.4. The number of carbonyl (C=O) groups excluding carboxylic acids is 2. The lowest BCUT2D eigenvalue weighted by Gasteiger charge is -2.62. The Bertz CT molecular complexity index is 1590. The molecule has 0 radical (unpaired) electrons. The standard InChI is InChI=1S/C41H61FN4O6/c1-23-31-17-27(41(31,6)7)18-33(23)44-39(50)36-35(24(2)48)34(22-47)52-46(36)20-26-12-11-13-29(37(26)51-10)25-14-15-32(42)30(16-25)38(49)43-28(21-45(8)9)19-40(3,4)5/h11-16,23-24,27-28,31,33-36,47-48H,17-22H2,1-10H3,(H,43,49)(H,44,50)/t23-,24-,27?,28-,31+,33-,34-,35+,36-/m0/s1. The smallest absolute Gasteiger partial charge is 0.254 e. The summed E-state index contributed by atoms with van der Waals surface area (Å²) >= 11 is 0. The number of rotatable bonds is 13. The second-order valence-electron chi connectivity index (χ2n) is 17.6. The fourth-order valence-electron chi connectivity index (χ4n) is 9.30. The molecule has 0 aromatic heterocycles. The number of fused-ring (bicyclic) bond motifs is 2. The van der Waals surface area contributed by atoms with Gasteiger partial charge in [0.25, 0.3) is 5.91 Å². The molecule has 3 aliphatic carbocycles. The highest BCUT2D eigenvalue weighted by Gasteiger charge is 2.57. The Kier molecular flexibility index (Phi) is 12.1. The summed E-state index contributed by atoms with van der Waals surface area (Å²) in [4.78, 5) is 35.9. The van der Waals surface area contributed by atoms with Gasteiger partial charge in [0.15, 0.2) is 0 Å². The van der Waals surface area contributed by atoms with Crippen molar-refractivity contribution in [2.75, 3.05) is 34.4 Å². The van der Waals surface area contributed by atoms with Crippen molar-refractivity contribution < 1.29 is 33.8 Å². The summed E-state index contributed by atoms with van der Waals surface area (Å²) in [5, 5.41) is 29.1. The number of likely N-dealkylation sites (N-methyl/N-ethyl adjacent to an activating group) is 1. The van der Waals surface area contributed by atoms with E-state index in [-0.39, 0.29) is 47.5 Å². The molecule has 4 N–H and O–H groups in total. The van der Waals surface area contributed by atoms with Crippen LogP contribution in [0.3, 0.4) is 0 Å². The van der Waals surface area contributed by atoms with Crippen molar-refractivity contribution in [1.29, 1.82) is 0 Å². The molecule has 52 heavy (non-hydrogen) atoms. The monoisotopic (exact) mass is 724 g/mol. The Hall–Kier alpha value is -3.09. The number of methoxy groups -OCH3 is 1. The summed E-state index contributed by atoms with van der Waals surface area (Å²) in [6, 6.07) is 8.96. The van der Waals surface area contributed by atoms with Crippen molar-refractivity contribution in [2.45, 2.75) is 105 Å². The third kappa shape index (κ3) is 8.34. The minimum atomic E-state index is -0.924. The van der Waals surface area contributed by atoms with Crippen LogP contribution in [0.1, 0.15) is 83.7 Å². The van der Waals surface area contributed by atoms with Crippen molar-refractivity contribution in [1.82, 2.24) is 20.6 Å². The predicted molar refractivity (Wildman–Crippen MR) is 200 cm³/mol. The van der Waals surface area contributed by atoms with Gasteiger partial charge in [-0.3, -0.25) is 14.4 Å². The zero-order valence-corrected chi connectivity index (χ0v) is 32.7. The van der Waals surface area contributed by atoms with Crippen LogP contribution in [0.4, 0.5) is 4.39 Å². The molecule has 3 saturated carbocycles. The lowest BCUT2D eigenvalue weighted by atomic mass is 9.45. The Morgan fingerprint density at radius 2 is 1.88 bits per heavy atom. The molecule has 2 bridgehead atoms. The van der Waals surface area contributed by atoms with Crippen LogP contribution >= 0.6 is 0 Å². The first-order valence-corrected chi connectivity index (χ1v) is 18.8. The molecule has 1 unspecified atom stereocenters. The SMILES string of the molecule is COc1c(CN2O[C@@H](CO)[C@@H]([C@H](C)O)[C@H]2C(=O)N[C@H]2CC3C[C@H]([C@@H]2C)C3(C)C)cccc1-c1ccc(F)c(C(=O)N[C@H](CN(C)C)CC(C)(C)C)c1. The van der Waals surface area contributed by atoms with E-state index in [1.165, 1.54) is 12.5 Å². The first kappa shape index (κ1) is 40.1. The molecule has 4 aliphatic rings. The van der Waals surface area contributed by atoms with Crippen LogP contribution < -0.4 is 15.4 Å². The lowest BCUT2D eigenvalue weighted by Crippen LogP contribution is -2.62. The van der Waals surface area contributed by atoms with Crippen LogP contribution in [0, 0.1) is 40.3 Å². The van der Waals surface area contributed by atoms with Crippen molar-refractivity contribution in [2.24, 2.45) is 34.5 Å². The summed E-state index contributed by atoms with van der Waals surface area (Å²) in [6.45, 7) is 15.2. The molecule has 4 fully saturated rings. The van der Waals surface area contributed by atoms with Gasteiger partial charge in [-0.2, -0.15) is 5.06 Å². The molecule has 6 rings (SSSR count). The van der Waals surface area contributed by atoms with E-state index in [0.29, 0.717) is 46.7 Å². The van der Waals surface area contributed by atoms with Gasteiger partial charge >= 0.3 is 0 Å². The Balaban J connectivity index is 1.41. The summed E-state index contributed by atoms with van der Waals surface area (Å²) in [7, 11) is 5.43. The number of carbonyl (C=O) groups is 2. The lowest BCUT2D eigenvalue weighted by molar-refractivity contribution is -0.183. The molecule has 0 spiro atoms. The van der Waals surface area contributed by atoms with Gasteiger partial charge in [0.2, 0.25) is 5.91 Å². The van der Waals surface area contributed by atoms with Crippen LogP contribution in [0.15, 0.2) is 36.4 Å². The molecule has 10 nitrogen and oxygen atoms in total. The van der Waals surface area contributed by atoms with Crippen molar-refractivity contribution in [3.8, 4) is 16.9 Å². The van der Waals surface area contributed by atoms with Crippen molar-refractivity contribution in [3.63, 3.8) is 0 Å². The second kappa shape index (κ2) is 15.7. The highest BCUT2D eigenvalue weighted by Crippen LogP contribution is 2.61. The number of aliphatic hydroxyl groups is 2. The molecule has 11 heteroatoms. The average molecular weight is 725 g/mol. The number of hydrogen-bond donors (Lipinski definition) is 4. The second-order valence-corrected chi connectivity index (χ2v) is 17.6. The molecular formula is C41H61FN4O6. The van der Waals surface area contributed by atoms with E-state index in [1.807, 2.05) is 37.2 Å². The number of nitrogens with one attached hydrogen (secondary N) is 2. The number of hydroxylamine groups is 2. The fraction of sp³-hybridized carbons (Fsp3) is 0.659. The zero-order chi connectivity index (χ0) is 38.3. The van der Waals surface area contributed by atoms with E-state index in [4.69, 9.17) is 9.57 Å². The van der Waals surface area contributed by atoms with E-state index in [0.717, 1.165) is 12.8 Å². The highest BCUT2D eigenvalue weighted by atomic mass is 19.1. The van der Waals surface area contributed by atoms with Crippen molar-refractivity contribution in [3.05, 3.63) is 53.3 Å². The number of aliphatic hydroxyl groups excluding tert-OH is 2. The molecule has 2 amide bonds. The maximum Gasteiger partial charge on any atom is 0.254 e. The number of benzene rings is 2. The Morgan fingerprint density at radius 1 is 1.17 bits per heavy atom. The third-order valence-electron chi connectivity index (χ3n) is 12.0. The van der Waals surface area contributed by atoms with Crippen LogP contribution in [0.5, 0.6) is 5.75 Å². The molecule has 1 saturated heterocycles. The quantitative estimate of drug-likeness (QED) is 0.221. The zero-order valence-electron chi connectivity index (χ0n) is 32.7. The van der Waals surface area contributed by atoms with Gasteiger partial charge in [0, 0.05) is 35.7 Å². The minimum Gasteiger partial charge on any atom is -0.496 e. The van der Waals surface area contributed by atoms with Crippen LogP contribution in [-0.2, 0) is 16.2 Å². The van der Waals surface area contributed by atoms with Gasteiger partial charge in [-0.15, -0.1) is 0 Å². The van der Waals surface area contributed by atoms with Gasteiger partial charge in [-0.1, -0.05) is 65.8 Å². The average Bonchev–Trinajstić information content (AvgIpc) is 3.43.